The molecule has 100 valence electrons. The lowest BCUT2D eigenvalue weighted by molar-refractivity contribution is 0.988. The molecule has 1 atom stereocenters. The van der Waals surface area contributed by atoms with Crippen LogP contribution in [-0.4, -0.2) is 10.2 Å². The zero-order chi connectivity index (χ0) is 13.9. The summed E-state index contributed by atoms with van der Waals surface area (Å²) in [5, 5.41) is 9.89. The second kappa shape index (κ2) is 6.04. The van der Waals surface area contributed by atoms with E-state index in [4.69, 9.17) is 11.6 Å². The minimum Gasteiger partial charge on any atom is -0.141 e. The van der Waals surface area contributed by atoms with E-state index in [9.17, 15) is 0 Å². The Labute approximate surface area is 134 Å². The van der Waals surface area contributed by atoms with Gasteiger partial charge >= 0.3 is 0 Å². The van der Waals surface area contributed by atoms with Crippen LogP contribution in [-0.2, 0) is 0 Å². The first-order valence-electron chi connectivity index (χ1n) is 6.02. The number of hydrogen-bond acceptors (Lipinski definition) is 3. The topological polar surface area (TPSA) is 25.8 Å². The third kappa shape index (κ3) is 2.92. The third-order valence-electron chi connectivity index (χ3n) is 2.84. The minimum absolute atomic E-state index is 0.252. The van der Waals surface area contributed by atoms with E-state index in [2.05, 4.69) is 26.1 Å². The van der Waals surface area contributed by atoms with E-state index in [-0.39, 0.29) is 5.38 Å². The van der Waals surface area contributed by atoms with Crippen LogP contribution >= 0.6 is 38.9 Å². The second-order valence-corrected chi connectivity index (χ2v) is 6.59. The van der Waals surface area contributed by atoms with E-state index < -0.39 is 0 Å². The smallest absolute Gasteiger partial charge is 0.141 e. The molecule has 1 aromatic heterocycles. The highest BCUT2D eigenvalue weighted by Crippen LogP contribution is 2.34. The van der Waals surface area contributed by atoms with E-state index in [1.807, 2.05) is 54.6 Å². The number of nitrogens with zero attached hydrogens (tertiary/aromatic N) is 2. The Balaban J connectivity index is 1.89. The molecule has 0 saturated carbocycles. The predicted octanol–water partition coefficient (Wildman–Crippen LogP) is 5.30. The summed E-state index contributed by atoms with van der Waals surface area (Å²) >= 11 is 11.4. The van der Waals surface area contributed by atoms with Gasteiger partial charge in [0.15, 0.2) is 0 Å². The summed E-state index contributed by atoms with van der Waals surface area (Å²) in [7, 11) is 0. The molecule has 20 heavy (non-hydrogen) atoms. The lowest BCUT2D eigenvalue weighted by Crippen LogP contribution is -1.91. The Kier molecular flexibility index (Phi) is 4.15. The number of hydrogen-bond donors (Lipinski definition) is 0. The molecule has 0 aliphatic carbocycles. The maximum atomic E-state index is 6.46. The molecular formula is C15H10BrClN2S. The summed E-state index contributed by atoms with van der Waals surface area (Å²) in [5.74, 6) is 0. The van der Waals surface area contributed by atoms with Gasteiger partial charge in [-0.25, -0.2) is 0 Å². The van der Waals surface area contributed by atoms with Crippen LogP contribution in [0, 0.1) is 0 Å². The summed E-state index contributed by atoms with van der Waals surface area (Å²) in [6, 6.07) is 17.9. The van der Waals surface area contributed by atoms with Crippen molar-refractivity contribution in [2.45, 2.75) is 5.38 Å². The van der Waals surface area contributed by atoms with Crippen molar-refractivity contribution < 1.29 is 0 Å². The fourth-order valence-corrected chi connectivity index (χ4v) is 3.25. The van der Waals surface area contributed by atoms with Crippen molar-refractivity contribution in [3.8, 4) is 10.6 Å². The van der Waals surface area contributed by atoms with Gasteiger partial charge in [-0.15, -0.1) is 21.8 Å². The molecule has 1 heterocycles. The molecule has 1 unspecified atom stereocenters. The van der Waals surface area contributed by atoms with Crippen LogP contribution in [0.4, 0.5) is 0 Å². The molecule has 0 N–H and O–H groups in total. The molecule has 0 bridgehead atoms. The van der Waals surface area contributed by atoms with Crippen molar-refractivity contribution >= 4 is 38.9 Å². The number of alkyl halides is 1. The van der Waals surface area contributed by atoms with Crippen molar-refractivity contribution in [1.29, 1.82) is 0 Å². The van der Waals surface area contributed by atoms with Gasteiger partial charge in [-0.3, -0.25) is 0 Å². The third-order valence-corrected chi connectivity index (χ3v) is 4.99. The first kappa shape index (κ1) is 13.7. The maximum Gasteiger partial charge on any atom is 0.147 e. The zero-order valence-electron chi connectivity index (χ0n) is 10.3. The van der Waals surface area contributed by atoms with Gasteiger partial charge in [0.1, 0.15) is 15.4 Å². The van der Waals surface area contributed by atoms with Gasteiger partial charge in [0.2, 0.25) is 0 Å². The van der Waals surface area contributed by atoms with E-state index in [1.54, 1.807) is 0 Å². The summed E-state index contributed by atoms with van der Waals surface area (Å²) < 4.78 is 1.05. The minimum atomic E-state index is -0.252. The second-order valence-electron chi connectivity index (χ2n) is 4.23. The Bertz CT molecular complexity index is 697. The van der Waals surface area contributed by atoms with E-state index >= 15 is 0 Å². The Hall–Kier alpha value is -1.23. The number of rotatable bonds is 3. The molecule has 3 aromatic rings. The highest BCUT2D eigenvalue weighted by molar-refractivity contribution is 9.10. The summed E-state index contributed by atoms with van der Waals surface area (Å²) in [6.07, 6.45) is 0. The molecule has 0 saturated heterocycles. The van der Waals surface area contributed by atoms with Crippen LogP contribution < -0.4 is 0 Å². The van der Waals surface area contributed by atoms with Crippen molar-refractivity contribution in [3.05, 3.63) is 69.6 Å². The standard InChI is InChI=1S/C15H10BrClN2S/c16-12-8-6-11(7-9-12)14-18-19-15(20-14)13(17)10-4-2-1-3-5-10/h1-9,13H. The number of benzene rings is 2. The number of halogens is 2. The normalized spacial score (nSPS) is 12.3. The summed E-state index contributed by atoms with van der Waals surface area (Å²) in [5.41, 5.74) is 2.08. The van der Waals surface area contributed by atoms with Crippen LogP contribution in [0.15, 0.2) is 59.1 Å². The Morgan fingerprint density at radius 2 is 1.65 bits per heavy atom. The molecule has 0 aliphatic heterocycles. The molecule has 0 fully saturated rings. The molecule has 0 radical (unpaired) electrons. The predicted molar refractivity (Wildman–Crippen MR) is 87.2 cm³/mol. The average molecular weight is 366 g/mol. The largest absolute Gasteiger partial charge is 0.147 e. The van der Waals surface area contributed by atoms with Crippen LogP contribution in [0.3, 0.4) is 0 Å². The van der Waals surface area contributed by atoms with E-state index in [0.29, 0.717) is 0 Å². The number of aromatic nitrogens is 2. The van der Waals surface area contributed by atoms with Gasteiger partial charge < -0.3 is 0 Å². The molecule has 0 spiro atoms. The van der Waals surface area contributed by atoms with Crippen molar-refractivity contribution in [2.75, 3.05) is 0 Å². The van der Waals surface area contributed by atoms with E-state index in [1.165, 1.54) is 11.3 Å². The highest BCUT2D eigenvalue weighted by Gasteiger charge is 2.16. The summed E-state index contributed by atoms with van der Waals surface area (Å²) in [4.78, 5) is 0. The van der Waals surface area contributed by atoms with Crippen LogP contribution in [0.2, 0.25) is 0 Å². The van der Waals surface area contributed by atoms with Gasteiger partial charge in [-0.1, -0.05) is 69.7 Å². The van der Waals surface area contributed by atoms with Crippen molar-refractivity contribution in [1.82, 2.24) is 10.2 Å². The average Bonchev–Trinajstić information content (AvgIpc) is 2.98. The molecule has 5 heteroatoms. The highest BCUT2D eigenvalue weighted by atomic mass is 79.9. The SMILES string of the molecule is ClC(c1ccccc1)c1nnc(-c2ccc(Br)cc2)s1. The molecule has 0 aliphatic rings. The fraction of sp³-hybridized carbons (Fsp3) is 0.0667. The van der Waals surface area contributed by atoms with Crippen molar-refractivity contribution in [2.24, 2.45) is 0 Å². The monoisotopic (exact) mass is 364 g/mol. The molecule has 2 aromatic carbocycles. The fourth-order valence-electron chi connectivity index (χ4n) is 1.81. The lowest BCUT2D eigenvalue weighted by atomic mass is 10.1. The Morgan fingerprint density at radius 3 is 2.35 bits per heavy atom. The van der Waals surface area contributed by atoms with Crippen molar-refractivity contribution in [3.63, 3.8) is 0 Å². The maximum absolute atomic E-state index is 6.46. The van der Waals surface area contributed by atoms with Gasteiger partial charge in [0, 0.05) is 10.0 Å². The quantitative estimate of drug-likeness (QED) is 0.589. The lowest BCUT2D eigenvalue weighted by Gasteiger charge is -2.04. The molecular weight excluding hydrogens is 356 g/mol. The zero-order valence-corrected chi connectivity index (χ0v) is 13.5. The van der Waals surface area contributed by atoms with Gasteiger partial charge in [-0.05, 0) is 17.7 Å². The van der Waals surface area contributed by atoms with Crippen LogP contribution in [0.5, 0.6) is 0 Å². The first-order chi connectivity index (χ1) is 9.74. The molecule has 0 amide bonds. The molecule has 3 rings (SSSR count). The first-order valence-corrected chi connectivity index (χ1v) is 8.07. The van der Waals surface area contributed by atoms with E-state index in [0.717, 1.165) is 25.6 Å². The van der Waals surface area contributed by atoms with Gasteiger partial charge in [0.25, 0.3) is 0 Å². The van der Waals surface area contributed by atoms with Crippen LogP contribution in [0.1, 0.15) is 15.9 Å². The van der Waals surface area contributed by atoms with Gasteiger partial charge in [0.05, 0.1) is 0 Å². The Morgan fingerprint density at radius 1 is 0.950 bits per heavy atom. The summed E-state index contributed by atoms with van der Waals surface area (Å²) in [6.45, 7) is 0. The molecule has 2 nitrogen and oxygen atoms in total. The van der Waals surface area contributed by atoms with Crippen LogP contribution in [0.25, 0.3) is 10.6 Å². The van der Waals surface area contributed by atoms with Gasteiger partial charge in [-0.2, -0.15) is 0 Å².